The molecule has 1 saturated carbocycles. The summed E-state index contributed by atoms with van der Waals surface area (Å²) in [5.41, 5.74) is 5.17. The standard InChI is InChI=1S/C16H14O/c17-15-7-3-6-13-12-5-2-1-4-10(12)8-11-9-14(11)16(13)15/h1-7,11,14,17H,8-9H2. The average molecular weight is 222 g/mol. The second kappa shape index (κ2) is 3.13. The van der Waals surface area contributed by atoms with E-state index >= 15 is 0 Å². The second-order valence-electron chi connectivity index (χ2n) is 5.20. The molecule has 0 aromatic heterocycles. The van der Waals surface area contributed by atoms with E-state index in [9.17, 15) is 5.11 Å². The van der Waals surface area contributed by atoms with Crippen LogP contribution >= 0.6 is 0 Å². The van der Waals surface area contributed by atoms with Crippen molar-refractivity contribution in [3.8, 4) is 16.9 Å². The Morgan fingerprint density at radius 3 is 2.71 bits per heavy atom. The maximum Gasteiger partial charge on any atom is 0.119 e. The van der Waals surface area contributed by atoms with Gasteiger partial charge in [0.05, 0.1) is 0 Å². The van der Waals surface area contributed by atoms with E-state index in [4.69, 9.17) is 0 Å². The normalized spacial score (nSPS) is 24.2. The van der Waals surface area contributed by atoms with E-state index in [1.54, 1.807) is 0 Å². The minimum atomic E-state index is 0.478. The number of fused-ring (bicyclic) bond motifs is 5. The Kier molecular flexibility index (Phi) is 1.71. The Morgan fingerprint density at radius 2 is 1.76 bits per heavy atom. The molecular formula is C16H14O. The third kappa shape index (κ3) is 1.25. The monoisotopic (exact) mass is 222 g/mol. The molecule has 0 spiro atoms. The molecule has 4 rings (SSSR count). The molecule has 17 heavy (non-hydrogen) atoms. The number of phenolic OH excluding ortho intramolecular Hbond substituents is 1. The summed E-state index contributed by atoms with van der Waals surface area (Å²) in [7, 11) is 0. The van der Waals surface area contributed by atoms with Crippen LogP contribution in [0.25, 0.3) is 11.1 Å². The van der Waals surface area contributed by atoms with Crippen LogP contribution in [-0.2, 0) is 6.42 Å². The maximum atomic E-state index is 10.1. The molecule has 2 unspecified atom stereocenters. The Morgan fingerprint density at radius 1 is 0.941 bits per heavy atom. The molecule has 1 N–H and O–H groups in total. The fraction of sp³-hybridized carbons (Fsp3) is 0.250. The zero-order chi connectivity index (χ0) is 11.4. The predicted molar refractivity (Wildman–Crippen MR) is 68.1 cm³/mol. The van der Waals surface area contributed by atoms with E-state index < -0.39 is 0 Å². The molecule has 1 nitrogen and oxygen atoms in total. The number of phenols is 1. The van der Waals surface area contributed by atoms with Crippen molar-refractivity contribution in [3.05, 3.63) is 53.6 Å². The lowest BCUT2D eigenvalue weighted by atomic mass is 9.94. The largest absolute Gasteiger partial charge is 0.508 e. The molecule has 0 saturated heterocycles. The first-order valence-electron chi connectivity index (χ1n) is 6.25. The van der Waals surface area contributed by atoms with Gasteiger partial charge in [-0.3, -0.25) is 0 Å². The van der Waals surface area contributed by atoms with Crippen LogP contribution < -0.4 is 0 Å². The van der Waals surface area contributed by atoms with Crippen LogP contribution in [0.3, 0.4) is 0 Å². The van der Waals surface area contributed by atoms with Gasteiger partial charge in [-0.15, -0.1) is 0 Å². The molecule has 0 aliphatic heterocycles. The molecule has 84 valence electrons. The van der Waals surface area contributed by atoms with Crippen LogP contribution in [0, 0.1) is 5.92 Å². The number of benzene rings is 2. The molecule has 1 heteroatoms. The first-order chi connectivity index (χ1) is 8.34. The lowest BCUT2D eigenvalue weighted by Gasteiger charge is -2.11. The van der Waals surface area contributed by atoms with Gasteiger partial charge in [-0.2, -0.15) is 0 Å². The summed E-state index contributed by atoms with van der Waals surface area (Å²) in [6.07, 6.45) is 2.40. The molecule has 0 radical (unpaired) electrons. The highest BCUT2D eigenvalue weighted by Gasteiger charge is 2.43. The summed E-state index contributed by atoms with van der Waals surface area (Å²) >= 11 is 0. The Bertz CT molecular complexity index is 600. The maximum absolute atomic E-state index is 10.1. The summed E-state index contributed by atoms with van der Waals surface area (Å²) in [5, 5.41) is 10.1. The van der Waals surface area contributed by atoms with Crippen molar-refractivity contribution in [2.75, 3.05) is 0 Å². The Labute approximate surface area is 101 Å². The van der Waals surface area contributed by atoms with Gasteiger partial charge in [0, 0.05) is 5.56 Å². The van der Waals surface area contributed by atoms with Crippen LogP contribution in [0.15, 0.2) is 42.5 Å². The van der Waals surface area contributed by atoms with E-state index in [2.05, 4.69) is 30.3 Å². The van der Waals surface area contributed by atoms with Gasteiger partial charge < -0.3 is 5.11 Å². The molecule has 2 atom stereocenters. The van der Waals surface area contributed by atoms with Crippen LogP contribution in [0.1, 0.15) is 23.5 Å². The Hall–Kier alpha value is -1.76. The van der Waals surface area contributed by atoms with Crippen LogP contribution in [-0.4, -0.2) is 5.11 Å². The Balaban J connectivity index is 2.06. The smallest absolute Gasteiger partial charge is 0.119 e. The molecular weight excluding hydrogens is 208 g/mol. The molecule has 2 aliphatic rings. The van der Waals surface area contributed by atoms with Crippen molar-refractivity contribution < 1.29 is 5.11 Å². The third-order valence-corrected chi connectivity index (χ3v) is 4.17. The average Bonchev–Trinajstić information content (AvgIpc) is 3.08. The van der Waals surface area contributed by atoms with E-state index in [0.717, 1.165) is 12.3 Å². The molecule has 1 fully saturated rings. The van der Waals surface area contributed by atoms with Gasteiger partial charge in [-0.25, -0.2) is 0 Å². The highest BCUT2D eigenvalue weighted by Crippen LogP contribution is 2.57. The van der Waals surface area contributed by atoms with Crippen LogP contribution in [0.4, 0.5) is 0 Å². The topological polar surface area (TPSA) is 20.2 Å². The summed E-state index contributed by atoms with van der Waals surface area (Å²) in [6, 6.07) is 14.5. The number of aromatic hydroxyl groups is 1. The summed E-state index contributed by atoms with van der Waals surface area (Å²) in [6.45, 7) is 0. The van der Waals surface area contributed by atoms with Crippen molar-refractivity contribution >= 4 is 0 Å². The molecule has 0 heterocycles. The summed E-state index contributed by atoms with van der Waals surface area (Å²) < 4.78 is 0. The molecule has 2 aromatic rings. The van der Waals surface area contributed by atoms with Crippen molar-refractivity contribution in [3.63, 3.8) is 0 Å². The van der Waals surface area contributed by atoms with Gasteiger partial charge in [-0.1, -0.05) is 36.4 Å². The summed E-state index contributed by atoms with van der Waals surface area (Å²) in [5.74, 6) is 1.80. The van der Waals surface area contributed by atoms with Crippen LogP contribution in [0.5, 0.6) is 5.75 Å². The molecule has 0 bridgehead atoms. The van der Waals surface area contributed by atoms with E-state index in [-0.39, 0.29) is 0 Å². The first-order valence-corrected chi connectivity index (χ1v) is 6.25. The van der Waals surface area contributed by atoms with Crippen molar-refractivity contribution in [2.45, 2.75) is 18.8 Å². The fourth-order valence-electron chi connectivity index (χ4n) is 3.25. The van der Waals surface area contributed by atoms with E-state index in [1.165, 1.54) is 28.7 Å². The van der Waals surface area contributed by atoms with Gasteiger partial charge in [0.2, 0.25) is 0 Å². The predicted octanol–water partition coefficient (Wildman–Crippen LogP) is 3.72. The molecule has 2 aromatic carbocycles. The number of hydrogen-bond acceptors (Lipinski definition) is 1. The zero-order valence-corrected chi connectivity index (χ0v) is 9.56. The molecule has 2 aliphatic carbocycles. The van der Waals surface area contributed by atoms with Crippen LogP contribution in [0.2, 0.25) is 0 Å². The highest BCUT2D eigenvalue weighted by molar-refractivity contribution is 5.75. The van der Waals surface area contributed by atoms with E-state index in [1.807, 2.05) is 12.1 Å². The SMILES string of the molecule is Oc1cccc2c1C1CC1Cc1ccccc1-2. The van der Waals surface area contributed by atoms with Gasteiger partial charge in [0.1, 0.15) is 5.75 Å². The fourth-order valence-corrected chi connectivity index (χ4v) is 3.25. The third-order valence-electron chi connectivity index (χ3n) is 4.17. The number of rotatable bonds is 0. The zero-order valence-electron chi connectivity index (χ0n) is 9.56. The van der Waals surface area contributed by atoms with Gasteiger partial charge in [0.15, 0.2) is 0 Å². The van der Waals surface area contributed by atoms with Crippen molar-refractivity contribution in [2.24, 2.45) is 5.92 Å². The highest BCUT2D eigenvalue weighted by atomic mass is 16.3. The van der Waals surface area contributed by atoms with Gasteiger partial charge >= 0.3 is 0 Å². The minimum Gasteiger partial charge on any atom is -0.508 e. The minimum absolute atomic E-state index is 0.478. The second-order valence-corrected chi connectivity index (χ2v) is 5.20. The molecule has 0 amide bonds. The van der Waals surface area contributed by atoms with Crippen molar-refractivity contribution in [1.82, 2.24) is 0 Å². The quantitative estimate of drug-likeness (QED) is 0.720. The lowest BCUT2D eigenvalue weighted by molar-refractivity contribution is 0.468. The first kappa shape index (κ1) is 9.29. The number of hydrogen-bond donors (Lipinski definition) is 1. The van der Waals surface area contributed by atoms with E-state index in [0.29, 0.717) is 11.7 Å². The van der Waals surface area contributed by atoms with Crippen molar-refractivity contribution in [1.29, 1.82) is 0 Å². The van der Waals surface area contributed by atoms with Gasteiger partial charge in [0.25, 0.3) is 0 Å². The summed E-state index contributed by atoms with van der Waals surface area (Å²) in [4.78, 5) is 0. The lowest BCUT2D eigenvalue weighted by Crippen LogP contribution is -1.90. The van der Waals surface area contributed by atoms with Gasteiger partial charge in [-0.05, 0) is 47.4 Å².